The van der Waals surface area contributed by atoms with Gasteiger partial charge in [-0.2, -0.15) is 0 Å². The zero-order valence-electron chi connectivity index (χ0n) is 10.7. The Kier molecular flexibility index (Phi) is 9.20. The molecule has 3 nitrogen and oxygen atoms in total. The highest BCUT2D eigenvalue weighted by Gasteiger charge is 2.08. The third-order valence-electron chi connectivity index (χ3n) is 2.88. The second-order valence-electron chi connectivity index (χ2n) is 4.26. The van der Waals surface area contributed by atoms with Crippen molar-refractivity contribution < 1.29 is 4.74 Å². The van der Waals surface area contributed by atoms with Crippen molar-refractivity contribution in [2.24, 2.45) is 0 Å². The molecule has 0 spiro atoms. The second-order valence-corrected chi connectivity index (χ2v) is 4.26. The lowest BCUT2D eigenvalue weighted by atomic mass is 10.2. The second kappa shape index (κ2) is 9.45. The molecular formula is C13H22Cl2N2O. The van der Waals surface area contributed by atoms with Crippen LogP contribution in [0.15, 0.2) is 24.3 Å². The van der Waals surface area contributed by atoms with E-state index >= 15 is 0 Å². The lowest BCUT2D eigenvalue weighted by Crippen LogP contribution is -2.44. The van der Waals surface area contributed by atoms with Crippen molar-refractivity contribution in [3.63, 3.8) is 0 Å². The van der Waals surface area contributed by atoms with Gasteiger partial charge < -0.3 is 10.1 Å². The minimum absolute atomic E-state index is 0. The molecule has 1 aliphatic rings. The van der Waals surface area contributed by atoms with Crippen LogP contribution in [0.2, 0.25) is 0 Å². The molecule has 2 rings (SSSR count). The van der Waals surface area contributed by atoms with Gasteiger partial charge >= 0.3 is 0 Å². The summed E-state index contributed by atoms with van der Waals surface area (Å²) in [5.41, 5.74) is 1.25. The van der Waals surface area contributed by atoms with Crippen LogP contribution in [-0.2, 0) is 0 Å². The molecule has 0 aromatic heterocycles. The van der Waals surface area contributed by atoms with Gasteiger partial charge in [0.15, 0.2) is 0 Å². The van der Waals surface area contributed by atoms with E-state index in [0.29, 0.717) is 0 Å². The highest BCUT2D eigenvalue weighted by atomic mass is 35.5. The quantitative estimate of drug-likeness (QED) is 0.920. The van der Waals surface area contributed by atoms with Crippen molar-refractivity contribution in [3.8, 4) is 5.75 Å². The van der Waals surface area contributed by atoms with Gasteiger partial charge in [-0.05, 0) is 24.6 Å². The van der Waals surface area contributed by atoms with Gasteiger partial charge in [-0.25, -0.2) is 0 Å². The predicted octanol–water partition coefficient (Wildman–Crippen LogP) is 2.12. The van der Waals surface area contributed by atoms with Crippen LogP contribution in [0.5, 0.6) is 5.75 Å². The summed E-state index contributed by atoms with van der Waals surface area (Å²) in [4.78, 5) is 2.44. The number of benzene rings is 1. The van der Waals surface area contributed by atoms with Crippen LogP contribution in [0, 0.1) is 6.92 Å². The minimum atomic E-state index is 0. The van der Waals surface area contributed by atoms with Crippen molar-refractivity contribution in [1.82, 2.24) is 10.2 Å². The van der Waals surface area contributed by atoms with E-state index in [4.69, 9.17) is 4.74 Å². The van der Waals surface area contributed by atoms with E-state index in [-0.39, 0.29) is 24.8 Å². The van der Waals surface area contributed by atoms with E-state index in [0.717, 1.165) is 45.1 Å². The number of hydrogen-bond donors (Lipinski definition) is 1. The third kappa shape index (κ3) is 5.91. The first kappa shape index (κ1) is 17.5. The van der Waals surface area contributed by atoms with Crippen LogP contribution in [0.4, 0.5) is 0 Å². The fourth-order valence-corrected chi connectivity index (χ4v) is 1.93. The van der Waals surface area contributed by atoms with Crippen LogP contribution in [0.25, 0.3) is 0 Å². The van der Waals surface area contributed by atoms with E-state index < -0.39 is 0 Å². The monoisotopic (exact) mass is 292 g/mol. The Balaban J connectivity index is 0.00000144. The summed E-state index contributed by atoms with van der Waals surface area (Å²) in [7, 11) is 0. The zero-order chi connectivity index (χ0) is 11.2. The molecular weight excluding hydrogens is 271 g/mol. The topological polar surface area (TPSA) is 24.5 Å². The van der Waals surface area contributed by atoms with Crippen LogP contribution in [-0.4, -0.2) is 44.2 Å². The average Bonchev–Trinajstić information content (AvgIpc) is 2.30. The first-order valence-electron chi connectivity index (χ1n) is 5.97. The van der Waals surface area contributed by atoms with Crippen molar-refractivity contribution >= 4 is 24.8 Å². The maximum Gasteiger partial charge on any atom is 0.119 e. The summed E-state index contributed by atoms with van der Waals surface area (Å²) in [6, 6.07) is 8.22. The Labute approximate surface area is 122 Å². The fraction of sp³-hybridized carbons (Fsp3) is 0.538. The van der Waals surface area contributed by atoms with E-state index in [9.17, 15) is 0 Å². The molecule has 1 saturated heterocycles. The van der Waals surface area contributed by atoms with Crippen molar-refractivity contribution in [1.29, 1.82) is 0 Å². The SMILES string of the molecule is Cc1cccc(OCCN2CCNCC2)c1.Cl.Cl. The number of rotatable bonds is 4. The van der Waals surface area contributed by atoms with Crippen LogP contribution >= 0.6 is 24.8 Å². The molecule has 1 heterocycles. The number of ether oxygens (including phenoxy) is 1. The van der Waals surface area contributed by atoms with Gasteiger partial charge in [0.05, 0.1) is 0 Å². The molecule has 0 amide bonds. The molecule has 0 atom stereocenters. The van der Waals surface area contributed by atoms with Crippen LogP contribution < -0.4 is 10.1 Å². The first-order valence-corrected chi connectivity index (χ1v) is 5.97. The summed E-state index contributed by atoms with van der Waals surface area (Å²) in [5, 5.41) is 3.35. The Morgan fingerprint density at radius 3 is 2.61 bits per heavy atom. The number of aryl methyl sites for hydroxylation is 1. The van der Waals surface area contributed by atoms with Crippen molar-refractivity contribution in [2.45, 2.75) is 6.92 Å². The number of piperazine rings is 1. The largest absolute Gasteiger partial charge is 0.492 e. The summed E-state index contributed by atoms with van der Waals surface area (Å²) >= 11 is 0. The van der Waals surface area contributed by atoms with Gasteiger partial charge in [0, 0.05) is 32.7 Å². The zero-order valence-corrected chi connectivity index (χ0v) is 12.4. The van der Waals surface area contributed by atoms with Gasteiger partial charge in [0.1, 0.15) is 12.4 Å². The fourth-order valence-electron chi connectivity index (χ4n) is 1.93. The van der Waals surface area contributed by atoms with Gasteiger partial charge in [-0.3, -0.25) is 4.90 Å². The lowest BCUT2D eigenvalue weighted by molar-refractivity contribution is 0.191. The molecule has 1 fully saturated rings. The molecule has 104 valence electrons. The summed E-state index contributed by atoms with van der Waals surface area (Å²) in [5.74, 6) is 0.982. The molecule has 0 radical (unpaired) electrons. The molecule has 5 heteroatoms. The molecule has 0 bridgehead atoms. The number of hydrogen-bond acceptors (Lipinski definition) is 3. The van der Waals surface area contributed by atoms with Crippen molar-refractivity contribution in [2.75, 3.05) is 39.3 Å². The van der Waals surface area contributed by atoms with E-state index in [1.807, 2.05) is 12.1 Å². The molecule has 0 aliphatic carbocycles. The van der Waals surface area contributed by atoms with E-state index in [2.05, 4.69) is 29.3 Å². The van der Waals surface area contributed by atoms with Gasteiger partial charge in [0.25, 0.3) is 0 Å². The summed E-state index contributed by atoms with van der Waals surface area (Å²) < 4.78 is 5.73. The Morgan fingerprint density at radius 2 is 1.94 bits per heavy atom. The van der Waals surface area contributed by atoms with Gasteiger partial charge in [-0.15, -0.1) is 24.8 Å². The van der Waals surface area contributed by atoms with Gasteiger partial charge in [0.2, 0.25) is 0 Å². The molecule has 1 aromatic rings. The molecule has 0 saturated carbocycles. The normalized spacial score (nSPS) is 15.4. The Bertz CT molecular complexity index is 331. The molecule has 0 unspecified atom stereocenters. The third-order valence-corrected chi connectivity index (χ3v) is 2.88. The molecule has 1 aliphatic heterocycles. The highest BCUT2D eigenvalue weighted by molar-refractivity contribution is 5.85. The highest BCUT2D eigenvalue weighted by Crippen LogP contribution is 2.12. The standard InChI is InChI=1S/C13H20N2O.2ClH/c1-12-3-2-4-13(11-12)16-10-9-15-7-5-14-6-8-15;;/h2-4,11,14H,5-10H2,1H3;2*1H. The van der Waals surface area contributed by atoms with Crippen molar-refractivity contribution in [3.05, 3.63) is 29.8 Å². The van der Waals surface area contributed by atoms with Gasteiger partial charge in [-0.1, -0.05) is 12.1 Å². The predicted molar refractivity (Wildman–Crippen MR) is 80.5 cm³/mol. The minimum Gasteiger partial charge on any atom is -0.492 e. The Hall–Kier alpha value is -0.480. The Morgan fingerprint density at radius 1 is 1.22 bits per heavy atom. The molecule has 18 heavy (non-hydrogen) atoms. The lowest BCUT2D eigenvalue weighted by Gasteiger charge is -2.26. The first-order chi connectivity index (χ1) is 7.84. The molecule has 1 N–H and O–H groups in total. The summed E-state index contributed by atoms with van der Waals surface area (Å²) in [6.45, 7) is 8.37. The van der Waals surface area contributed by atoms with E-state index in [1.165, 1.54) is 5.56 Å². The number of nitrogens with one attached hydrogen (secondary N) is 1. The van der Waals surface area contributed by atoms with E-state index in [1.54, 1.807) is 0 Å². The summed E-state index contributed by atoms with van der Waals surface area (Å²) in [6.07, 6.45) is 0. The van der Waals surface area contributed by atoms with Crippen LogP contribution in [0.3, 0.4) is 0 Å². The number of nitrogens with zero attached hydrogens (tertiary/aromatic N) is 1. The smallest absolute Gasteiger partial charge is 0.119 e. The number of halogens is 2. The average molecular weight is 293 g/mol. The maximum absolute atomic E-state index is 5.73. The maximum atomic E-state index is 5.73. The molecule has 1 aromatic carbocycles. The van der Waals surface area contributed by atoms with Crippen LogP contribution in [0.1, 0.15) is 5.56 Å².